The molecule has 0 amide bonds. The van der Waals surface area contributed by atoms with Gasteiger partial charge in [0, 0.05) is 10.1 Å². The lowest BCUT2D eigenvalue weighted by Crippen LogP contribution is -2.02. The molecule has 1 aromatic carbocycles. The first-order valence-corrected chi connectivity index (χ1v) is 5.89. The van der Waals surface area contributed by atoms with Crippen LogP contribution in [0.25, 0.3) is 0 Å². The van der Waals surface area contributed by atoms with Gasteiger partial charge in [0.15, 0.2) is 0 Å². The summed E-state index contributed by atoms with van der Waals surface area (Å²) in [5, 5.41) is 9.22. The first-order chi connectivity index (χ1) is 7.08. The molecule has 3 heteroatoms. The monoisotopic (exact) mass is 226 g/mol. The molecule has 1 aromatic rings. The topological polar surface area (TPSA) is 29.5 Å². The molecule has 0 aliphatic rings. The zero-order chi connectivity index (χ0) is 11.4. The van der Waals surface area contributed by atoms with Crippen LogP contribution in [0, 0.1) is 13.8 Å². The zero-order valence-electron chi connectivity index (χ0n) is 9.70. The van der Waals surface area contributed by atoms with Crippen LogP contribution in [0.1, 0.15) is 18.1 Å². The van der Waals surface area contributed by atoms with Gasteiger partial charge in [-0.1, -0.05) is 6.92 Å². The van der Waals surface area contributed by atoms with Crippen LogP contribution in [0.15, 0.2) is 17.0 Å². The molecule has 2 nitrogen and oxygen atoms in total. The molecule has 15 heavy (non-hydrogen) atoms. The normalized spacial score (nSPS) is 12.6. The van der Waals surface area contributed by atoms with Crippen molar-refractivity contribution in [2.75, 3.05) is 13.7 Å². The van der Waals surface area contributed by atoms with Gasteiger partial charge in [0.2, 0.25) is 0 Å². The summed E-state index contributed by atoms with van der Waals surface area (Å²) < 4.78 is 5.32. The summed E-state index contributed by atoms with van der Waals surface area (Å²) in [5.41, 5.74) is 2.48. The predicted octanol–water partition coefficient (Wildman–Crippen LogP) is 2.78. The predicted molar refractivity (Wildman–Crippen MR) is 64.9 cm³/mol. The number of aliphatic hydroxyl groups is 1. The lowest BCUT2D eigenvalue weighted by atomic mass is 10.1. The lowest BCUT2D eigenvalue weighted by molar-refractivity contribution is 0.300. The molecular formula is C12H18O2S. The van der Waals surface area contributed by atoms with Crippen LogP contribution in [0.4, 0.5) is 0 Å². The lowest BCUT2D eigenvalue weighted by Gasteiger charge is -2.13. The molecule has 1 rings (SSSR count). The summed E-state index contributed by atoms with van der Waals surface area (Å²) >= 11 is 1.64. The Kier molecular flexibility index (Phi) is 4.48. The molecule has 0 fully saturated rings. The molecule has 0 spiro atoms. The standard InChI is InChI=1S/C12H18O2S/c1-8-5-11(14-4)12(6-9(8)2)15-10(3)7-13/h5-6,10,13H,7H2,1-4H3. The average molecular weight is 226 g/mol. The Morgan fingerprint density at radius 3 is 2.47 bits per heavy atom. The van der Waals surface area contributed by atoms with Crippen LogP contribution in [-0.4, -0.2) is 24.1 Å². The molecule has 0 aliphatic carbocycles. The smallest absolute Gasteiger partial charge is 0.132 e. The van der Waals surface area contributed by atoms with E-state index in [2.05, 4.69) is 19.9 Å². The molecule has 1 N–H and O–H groups in total. The van der Waals surface area contributed by atoms with E-state index < -0.39 is 0 Å². The van der Waals surface area contributed by atoms with Gasteiger partial charge in [-0.15, -0.1) is 11.8 Å². The van der Waals surface area contributed by atoms with Gasteiger partial charge < -0.3 is 9.84 Å². The third kappa shape index (κ3) is 3.14. The van der Waals surface area contributed by atoms with Crippen LogP contribution < -0.4 is 4.74 Å². The Morgan fingerprint density at radius 2 is 1.93 bits per heavy atom. The number of rotatable bonds is 4. The molecular weight excluding hydrogens is 208 g/mol. The largest absolute Gasteiger partial charge is 0.496 e. The Hall–Kier alpha value is -0.670. The molecule has 1 atom stereocenters. The van der Waals surface area contributed by atoms with Gasteiger partial charge in [-0.25, -0.2) is 0 Å². The number of benzene rings is 1. The van der Waals surface area contributed by atoms with Crippen LogP contribution in [-0.2, 0) is 0 Å². The first kappa shape index (κ1) is 12.4. The quantitative estimate of drug-likeness (QED) is 0.801. The van der Waals surface area contributed by atoms with Crippen LogP contribution in [0.3, 0.4) is 0 Å². The van der Waals surface area contributed by atoms with E-state index >= 15 is 0 Å². The average Bonchev–Trinajstić information content (AvgIpc) is 2.22. The highest BCUT2D eigenvalue weighted by molar-refractivity contribution is 8.00. The SMILES string of the molecule is COc1cc(C)c(C)cc1SC(C)CO. The van der Waals surface area contributed by atoms with E-state index in [-0.39, 0.29) is 11.9 Å². The second-order valence-electron chi connectivity index (χ2n) is 3.70. The van der Waals surface area contributed by atoms with E-state index in [0.717, 1.165) is 10.6 Å². The number of thioether (sulfide) groups is 1. The highest BCUT2D eigenvalue weighted by Crippen LogP contribution is 2.34. The number of hydrogen-bond donors (Lipinski definition) is 1. The van der Waals surface area contributed by atoms with Crippen molar-refractivity contribution in [1.29, 1.82) is 0 Å². The number of hydrogen-bond acceptors (Lipinski definition) is 3. The van der Waals surface area contributed by atoms with Gasteiger partial charge in [-0.2, -0.15) is 0 Å². The highest BCUT2D eigenvalue weighted by atomic mass is 32.2. The second kappa shape index (κ2) is 5.42. The Labute approximate surface area is 95.7 Å². The van der Waals surface area contributed by atoms with Crippen LogP contribution in [0.5, 0.6) is 5.75 Å². The van der Waals surface area contributed by atoms with Crippen molar-refractivity contribution in [2.24, 2.45) is 0 Å². The summed E-state index contributed by atoms with van der Waals surface area (Å²) in [5.74, 6) is 0.892. The van der Waals surface area contributed by atoms with Gasteiger partial charge in [-0.3, -0.25) is 0 Å². The third-order valence-corrected chi connectivity index (χ3v) is 3.49. The number of methoxy groups -OCH3 is 1. The molecule has 0 saturated carbocycles. The van der Waals surface area contributed by atoms with Gasteiger partial charge >= 0.3 is 0 Å². The molecule has 1 unspecified atom stereocenters. The summed E-state index contributed by atoms with van der Waals surface area (Å²) in [4.78, 5) is 1.10. The number of ether oxygens (including phenoxy) is 1. The maximum Gasteiger partial charge on any atom is 0.132 e. The van der Waals surface area contributed by atoms with E-state index in [9.17, 15) is 0 Å². The van der Waals surface area contributed by atoms with Crippen molar-refractivity contribution in [2.45, 2.75) is 30.9 Å². The van der Waals surface area contributed by atoms with E-state index in [1.54, 1.807) is 18.9 Å². The molecule has 0 bridgehead atoms. The fourth-order valence-electron chi connectivity index (χ4n) is 1.27. The molecule has 0 heterocycles. The fourth-order valence-corrected chi connectivity index (χ4v) is 2.28. The molecule has 0 aliphatic heterocycles. The minimum absolute atomic E-state index is 0.181. The minimum Gasteiger partial charge on any atom is -0.496 e. The number of aliphatic hydroxyl groups excluding tert-OH is 1. The molecule has 0 saturated heterocycles. The summed E-state index contributed by atoms with van der Waals surface area (Å²) in [6.45, 7) is 6.34. The summed E-state index contributed by atoms with van der Waals surface area (Å²) in [7, 11) is 1.68. The van der Waals surface area contributed by atoms with E-state index in [1.165, 1.54) is 11.1 Å². The minimum atomic E-state index is 0.181. The van der Waals surface area contributed by atoms with E-state index in [1.807, 2.05) is 13.0 Å². The summed E-state index contributed by atoms with van der Waals surface area (Å²) in [6, 6.07) is 4.16. The first-order valence-electron chi connectivity index (χ1n) is 5.01. The van der Waals surface area contributed by atoms with Crippen molar-refractivity contribution in [3.05, 3.63) is 23.3 Å². The molecule has 0 radical (unpaired) electrons. The maximum absolute atomic E-state index is 9.02. The Balaban J connectivity index is 2.99. The van der Waals surface area contributed by atoms with E-state index in [4.69, 9.17) is 9.84 Å². The van der Waals surface area contributed by atoms with Gasteiger partial charge in [-0.05, 0) is 37.1 Å². The van der Waals surface area contributed by atoms with Crippen LogP contribution >= 0.6 is 11.8 Å². The zero-order valence-corrected chi connectivity index (χ0v) is 10.5. The van der Waals surface area contributed by atoms with Gasteiger partial charge in [0.1, 0.15) is 5.75 Å². The maximum atomic E-state index is 9.02. The van der Waals surface area contributed by atoms with Gasteiger partial charge in [0.05, 0.1) is 13.7 Å². The Morgan fingerprint density at radius 1 is 1.33 bits per heavy atom. The van der Waals surface area contributed by atoms with Crippen LogP contribution in [0.2, 0.25) is 0 Å². The van der Waals surface area contributed by atoms with E-state index in [0.29, 0.717) is 0 Å². The van der Waals surface area contributed by atoms with Crippen molar-refractivity contribution in [3.63, 3.8) is 0 Å². The van der Waals surface area contributed by atoms with Gasteiger partial charge in [0.25, 0.3) is 0 Å². The van der Waals surface area contributed by atoms with Crippen molar-refractivity contribution in [3.8, 4) is 5.75 Å². The third-order valence-electron chi connectivity index (χ3n) is 2.37. The van der Waals surface area contributed by atoms with Crippen molar-refractivity contribution < 1.29 is 9.84 Å². The van der Waals surface area contributed by atoms with Crippen molar-refractivity contribution in [1.82, 2.24) is 0 Å². The molecule has 0 aromatic heterocycles. The number of aryl methyl sites for hydroxylation is 2. The second-order valence-corrected chi connectivity index (χ2v) is 5.18. The summed E-state index contributed by atoms with van der Waals surface area (Å²) in [6.07, 6.45) is 0. The highest BCUT2D eigenvalue weighted by Gasteiger charge is 2.10. The fraction of sp³-hybridized carbons (Fsp3) is 0.500. The Bertz CT molecular complexity index is 337. The molecule has 84 valence electrons. The van der Waals surface area contributed by atoms with Crippen molar-refractivity contribution >= 4 is 11.8 Å².